The molecule has 1 aliphatic rings. The predicted molar refractivity (Wildman–Crippen MR) is 94.4 cm³/mol. The molecule has 0 radical (unpaired) electrons. The van der Waals surface area contributed by atoms with Gasteiger partial charge in [-0.25, -0.2) is 0 Å². The predicted octanol–water partition coefficient (Wildman–Crippen LogP) is 5.52. The number of hydrogen-bond donors (Lipinski definition) is 1. The topological polar surface area (TPSA) is 78.2 Å². The Hall–Kier alpha value is -0.770. The summed E-state index contributed by atoms with van der Waals surface area (Å²) in [5.74, 6) is 0. The summed E-state index contributed by atoms with van der Waals surface area (Å²) in [5.41, 5.74) is 8.41. The molecule has 1 saturated heterocycles. The van der Waals surface area contributed by atoms with Crippen molar-refractivity contribution in [2.45, 2.75) is 109 Å². The van der Waals surface area contributed by atoms with Crippen molar-refractivity contribution in [1.82, 2.24) is 0 Å². The largest absolute Gasteiger partial charge is 0.390 e. The van der Waals surface area contributed by atoms with Crippen LogP contribution in [0.25, 0.3) is 10.4 Å². The molecule has 23 heavy (non-hydrogen) atoms. The Kier molecular flexibility index (Phi) is 12.0. The second-order valence-electron chi connectivity index (χ2n) is 6.81. The van der Waals surface area contributed by atoms with E-state index in [1.807, 2.05) is 0 Å². The molecule has 0 saturated carbocycles. The van der Waals surface area contributed by atoms with Gasteiger partial charge in [-0.2, -0.15) is 0 Å². The van der Waals surface area contributed by atoms with Gasteiger partial charge in [0.2, 0.25) is 0 Å². The molecular formula is C18H35N3O2. The van der Waals surface area contributed by atoms with E-state index in [0.717, 1.165) is 12.8 Å². The fourth-order valence-corrected chi connectivity index (χ4v) is 3.28. The molecular weight excluding hydrogens is 290 g/mol. The summed E-state index contributed by atoms with van der Waals surface area (Å²) in [6.07, 6.45) is 16.1. The Balaban J connectivity index is 1.86. The first-order chi connectivity index (χ1) is 11.3. The number of aliphatic hydroxyl groups is 1. The first kappa shape index (κ1) is 20.3. The smallest absolute Gasteiger partial charge is 0.0908 e. The van der Waals surface area contributed by atoms with Gasteiger partial charge in [0.05, 0.1) is 24.9 Å². The summed E-state index contributed by atoms with van der Waals surface area (Å²) in [6.45, 7) is 2.62. The van der Waals surface area contributed by atoms with Crippen molar-refractivity contribution in [3.63, 3.8) is 0 Å². The van der Waals surface area contributed by atoms with E-state index in [4.69, 9.17) is 10.3 Å². The van der Waals surface area contributed by atoms with Crippen LogP contribution in [0.1, 0.15) is 90.4 Å². The van der Waals surface area contributed by atoms with Gasteiger partial charge in [-0.1, -0.05) is 89.1 Å². The Morgan fingerprint density at radius 1 is 0.957 bits per heavy atom. The van der Waals surface area contributed by atoms with Crippen molar-refractivity contribution in [2.75, 3.05) is 6.61 Å². The second-order valence-corrected chi connectivity index (χ2v) is 6.81. The molecule has 1 aliphatic heterocycles. The molecule has 0 amide bonds. The van der Waals surface area contributed by atoms with Crippen LogP contribution in [0, 0.1) is 0 Å². The zero-order valence-electron chi connectivity index (χ0n) is 14.8. The molecule has 134 valence electrons. The summed E-state index contributed by atoms with van der Waals surface area (Å²) >= 11 is 0. The summed E-state index contributed by atoms with van der Waals surface area (Å²) in [5, 5.41) is 13.5. The van der Waals surface area contributed by atoms with Gasteiger partial charge in [0, 0.05) is 4.91 Å². The first-order valence-electron chi connectivity index (χ1n) is 9.63. The second kappa shape index (κ2) is 13.6. The van der Waals surface area contributed by atoms with Crippen LogP contribution in [0.2, 0.25) is 0 Å². The number of rotatable bonds is 14. The van der Waals surface area contributed by atoms with Crippen LogP contribution < -0.4 is 0 Å². The Labute approximate surface area is 141 Å². The van der Waals surface area contributed by atoms with Crippen molar-refractivity contribution in [2.24, 2.45) is 5.11 Å². The summed E-state index contributed by atoms with van der Waals surface area (Å²) in [6, 6.07) is -0.401. The molecule has 0 aromatic rings. The first-order valence-corrected chi connectivity index (χ1v) is 9.63. The van der Waals surface area contributed by atoms with Gasteiger partial charge in [0.25, 0.3) is 0 Å². The molecule has 1 fully saturated rings. The van der Waals surface area contributed by atoms with Crippen molar-refractivity contribution >= 4 is 0 Å². The SMILES string of the molecule is CCCCCCCCCCCCCC[C@@H]1OC[C@H](N=[N+]=[N-])[C@@H]1O. The van der Waals surface area contributed by atoms with Crippen LogP contribution in [0.5, 0.6) is 0 Å². The molecule has 0 aliphatic carbocycles. The Morgan fingerprint density at radius 2 is 1.48 bits per heavy atom. The fraction of sp³-hybridized carbons (Fsp3) is 1.00. The van der Waals surface area contributed by atoms with Crippen LogP contribution >= 0.6 is 0 Å². The van der Waals surface area contributed by atoms with Crippen LogP contribution in [-0.2, 0) is 4.74 Å². The molecule has 0 spiro atoms. The molecule has 1 heterocycles. The van der Waals surface area contributed by atoms with E-state index in [1.165, 1.54) is 70.6 Å². The molecule has 0 aromatic heterocycles. The average molecular weight is 325 g/mol. The van der Waals surface area contributed by atoms with Crippen molar-refractivity contribution in [1.29, 1.82) is 0 Å². The normalized spacial score (nSPS) is 23.8. The maximum atomic E-state index is 9.97. The number of aliphatic hydroxyl groups excluding tert-OH is 1. The van der Waals surface area contributed by atoms with E-state index in [2.05, 4.69) is 16.9 Å². The minimum Gasteiger partial charge on any atom is -0.390 e. The van der Waals surface area contributed by atoms with Gasteiger partial charge >= 0.3 is 0 Å². The fourth-order valence-electron chi connectivity index (χ4n) is 3.28. The monoisotopic (exact) mass is 325 g/mol. The molecule has 1 rings (SSSR count). The van der Waals surface area contributed by atoms with Gasteiger partial charge in [-0.15, -0.1) is 0 Å². The zero-order valence-corrected chi connectivity index (χ0v) is 14.8. The highest BCUT2D eigenvalue weighted by Crippen LogP contribution is 2.22. The Bertz CT molecular complexity index is 332. The lowest BCUT2D eigenvalue weighted by Gasteiger charge is -2.14. The minimum absolute atomic E-state index is 0.145. The summed E-state index contributed by atoms with van der Waals surface area (Å²) in [7, 11) is 0. The maximum absolute atomic E-state index is 9.97. The molecule has 1 N–H and O–H groups in total. The van der Waals surface area contributed by atoms with E-state index in [1.54, 1.807) is 0 Å². The van der Waals surface area contributed by atoms with Gasteiger partial charge in [-0.3, -0.25) is 0 Å². The van der Waals surface area contributed by atoms with Gasteiger partial charge < -0.3 is 9.84 Å². The zero-order chi connectivity index (χ0) is 16.8. The average Bonchev–Trinajstić information content (AvgIpc) is 2.89. The molecule has 0 aromatic carbocycles. The molecule has 5 heteroatoms. The lowest BCUT2D eigenvalue weighted by molar-refractivity contribution is 0.0342. The minimum atomic E-state index is -0.626. The number of nitrogens with zero attached hydrogens (tertiary/aromatic N) is 3. The summed E-state index contributed by atoms with van der Waals surface area (Å²) < 4.78 is 5.52. The molecule has 0 unspecified atom stereocenters. The van der Waals surface area contributed by atoms with Crippen LogP contribution in [0.3, 0.4) is 0 Å². The third kappa shape index (κ3) is 9.19. The Morgan fingerprint density at radius 3 is 2.00 bits per heavy atom. The van der Waals surface area contributed by atoms with E-state index in [0.29, 0.717) is 6.61 Å². The number of ether oxygens (including phenoxy) is 1. The summed E-state index contributed by atoms with van der Waals surface area (Å²) in [4.78, 5) is 2.75. The number of hydrogen-bond acceptors (Lipinski definition) is 3. The highest BCUT2D eigenvalue weighted by atomic mass is 16.5. The van der Waals surface area contributed by atoms with Crippen LogP contribution in [0.4, 0.5) is 0 Å². The third-order valence-corrected chi connectivity index (χ3v) is 4.80. The highest BCUT2D eigenvalue weighted by Gasteiger charge is 2.34. The lowest BCUT2D eigenvalue weighted by atomic mass is 10.0. The number of azide groups is 1. The molecule has 5 nitrogen and oxygen atoms in total. The molecule has 0 bridgehead atoms. The maximum Gasteiger partial charge on any atom is 0.0908 e. The van der Waals surface area contributed by atoms with Crippen LogP contribution in [-0.4, -0.2) is 30.0 Å². The van der Waals surface area contributed by atoms with Crippen molar-refractivity contribution < 1.29 is 9.84 Å². The van der Waals surface area contributed by atoms with Gasteiger partial charge in [0.15, 0.2) is 0 Å². The van der Waals surface area contributed by atoms with E-state index in [-0.39, 0.29) is 6.10 Å². The van der Waals surface area contributed by atoms with Crippen LogP contribution in [0.15, 0.2) is 5.11 Å². The lowest BCUT2D eigenvalue weighted by Crippen LogP contribution is -2.28. The standard InChI is InChI=1S/C18H35N3O2/c1-2-3-4-5-6-7-8-9-10-11-12-13-14-17-18(22)16(15-23-17)20-21-19/h16-18,22H,2-15H2,1H3/t16-,17-,18-/m0/s1. The van der Waals surface area contributed by atoms with Gasteiger partial charge in [-0.05, 0) is 12.0 Å². The van der Waals surface area contributed by atoms with Crippen molar-refractivity contribution in [3.05, 3.63) is 10.4 Å². The number of unbranched alkanes of at least 4 members (excludes halogenated alkanes) is 11. The van der Waals surface area contributed by atoms with Crippen molar-refractivity contribution in [3.8, 4) is 0 Å². The quantitative estimate of drug-likeness (QED) is 0.198. The van der Waals surface area contributed by atoms with Gasteiger partial charge in [0.1, 0.15) is 0 Å². The highest BCUT2D eigenvalue weighted by molar-refractivity contribution is 4.88. The molecule has 3 atom stereocenters. The van der Waals surface area contributed by atoms with E-state index >= 15 is 0 Å². The van der Waals surface area contributed by atoms with E-state index in [9.17, 15) is 5.11 Å². The van der Waals surface area contributed by atoms with E-state index < -0.39 is 12.1 Å². The third-order valence-electron chi connectivity index (χ3n) is 4.80.